The van der Waals surface area contributed by atoms with E-state index in [0.29, 0.717) is 25.5 Å². The lowest BCUT2D eigenvalue weighted by Gasteiger charge is -2.27. The van der Waals surface area contributed by atoms with Crippen molar-refractivity contribution in [3.8, 4) is 33.6 Å². The Kier molecular flexibility index (Phi) is 10.1. The molecule has 1 unspecified atom stereocenters. The quantitative estimate of drug-likeness (QED) is 0.184. The maximum absolute atomic E-state index is 12.9. The molecule has 254 valence electrons. The third-order valence-electron chi connectivity index (χ3n) is 8.07. The van der Waals surface area contributed by atoms with Crippen LogP contribution in [0.3, 0.4) is 0 Å². The third-order valence-corrected chi connectivity index (χ3v) is 8.07. The molecule has 2 aromatic heterocycles. The second kappa shape index (κ2) is 14.1. The molecule has 4 aromatic rings. The fourth-order valence-electron chi connectivity index (χ4n) is 5.60. The number of rotatable bonds is 8. The van der Waals surface area contributed by atoms with Gasteiger partial charge in [-0.15, -0.1) is 0 Å². The number of benzene rings is 2. The van der Waals surface area contributed by atoms with E-state index in [1.165, 1.54) is 0 Å². The largest absolute Gasteiger partial charge is 0.444 e. The molecule has 1 aliphatic rings. The fraction of sp³-hybridized carbons (Fsp3) is 0.421. The highest BCUT2D eigenvalue weighted by atomic mass is 16.6. The summed E-state index contributed by atoms with van der Waals surface area (Å²) in [5, 5.41) is 0. The SMILES string of the molecule is C/C=C(\C)CN(Cc1ncc(-c2ccc(-c3ccc(-c4cnc(C5CCCN5C(=O)OC(C)(C)C)[nH]4)cc3)cc2)[nH]1)C(=O)OC(C)(C)C. The molecule has 5 rings (SSSR count). The highest BCUT2D eigenvalue weighted by Gasteiger charge is 2.35. The van der Waals surface area contributed by atoms with Crippen molar-refractivity contribution in [1.29, 1.82) is 0 Å². The van der Waals surface area contributed by atoms with Gasteiger partial charge in [-0.25, -0.2) is 19.6 Å². The van der Waals surface area contributed by atoms with Gasteiger partial charge in [-0.2, -0.15) is 0 Å². The van der Waals surface area contributed by atoms with Crippen LogP contribution in [0.4, 0.5) is 9.59 Å². The monoisotopic (exact) mass is 652 g/mol. The number of carbonyl (C=O) groups is 2. The number of amides is 2. The van der Waals surface area contributed by atoms with Crippen molar-refractivity contribution in [3.05, 3.63) is 84.2 Å². The summed E-state index contributed by atoms with van der Waals surface area (Å²) in [5.74, 6) is 1.47. The van der Waals surface area contributed by atoms with Gasteiger partial charge < -0.3 is 19.4 Å². The van der Waals surface area contributed by atoms with Gasteiger partial charge in [0.15, 0.2) is 0 Å². The topological polar surface area (TPSA) is 116 Å². The molecule has 10 heteroatoms. The van der Waals surface area contributed by atoms with Crippen LogP contribution in [0.25, 0.3) is 33.6 Å². The number of aromatic amines is 2. The zero-order valence-electron chi connectivity index (χ0n) is 29.4. The minimum absolute atomic E-state index is 0.122. The molecule has 1 fully saturated rings. The van der Waals surface area contributed by atoms with Gasteiger partial charge in [-0.3, -0.25) is 9.80 Å². The van der Waals surface area contributed by atoms with Crippen LogP contribution >= 0.6 is 0 Å². The van der Waals surface area contributed by atoms with E-state index < -0.39 is 11.2 Å². The summed E-state index contributed by atoms with van der Waals surface area (Å²) in [6.45, 7) is 16.6. The lowest BCUT2D eigenvalue weighted by atomic mass is 10.0. The van der Waals surface area contributed by atoms with E-state index in [1.807, 2.05) is 67.7 Å². The summed E-state index contributed by atoms with van der Waals surface area (Å²) >= 11 is 0. The summed E-state index contributed by atoms with van der Waals surface area (Å²) in [6.07, 6.45) is 6.71. The fourth-order valence-corrected chi connectivity index (χ4v) is 5.60. The van der Waals surface area contributed by atoms with Crippen molar-refractivity contribution < 1.29 is 19.1 Å². The van der Waals surface area contributed by atoms with Gasteiger partial charge in [0.25, 0.3) is 0 Å². The maximum atomic E-state index is 12.9. The molecule has 0 aliphatic carbocycles. The van der Waals surface area contributed by atoms with Crippen LogP contribution in [-0.2, 0) is 16.0 Å². The number of carbonyl (C=O) groups excluding carboxylic acids is 2. The number of ether oxygens (including phenoxy) is 2. The van der Waals surface area contributed by atoms with E-state index in [2.05, 4.69) is 68.5 Å². The number of likely N-dealkylation sites (tertiary alicyclic amines) is 1. The van der Waals surface area contributed by atoms with E-state index >= 15 is 0 Å². The van der Waals surface area contributed by atoms with Crippen molar-refractivity contribution in [2.45, 2.75) is 92.0 Å². The Balaban J connectivity index is 1.24. The van der Waals surface area contributed by atoms with Crippen molar-refractivity contribution >= 4 is 12.2 Å². The van der Waals surface area contributed by atoms with E-state index in [-0.39, 0.29) is 18.2 Å². The Bertz CT molecular complexity index is 1740. The van der Waals surface area contributed by atoms with E-state index in [4.69, 9.17) is 9.47 Å². The molecule has 1 atom stereocenters. The molecule has 0 saturated carbocycles. The number of allylic oxidation sites excluding steroid dienone is 1. The van der Waals surface area contributed by atoms with Crippen molar-refractivity contribution in [3.63, 3.8) is 0 Å². The predicted molar refractivity (Wildman–Crippen MR) is 188 cm³/mol. The van der Waals surface area contributed by atoms with Crippen LogP contribution in [0.2, 0.25) is 0 Å². The molecular weight excluding hydrogens is 604 g/mol. The third kappa shape index (κ3) is 8.73. The average molecular weight is 653 g/mol. The Morgan fingerprint density at radius 2 is 1.40 bits per heavy atom. The first-order chi connectivity index (χ1) is 22.7. The van der Waals surface area contributed by atoms with E-state index in [9.17, 15) is 9.59 Å². The molecule has 2 N–H and O–H groups in total. The number of aromatic nitrogens is 4. The minimum Gasteiger partial charge on any atom is -0.444 e. The number of nitrogens with one attached hydrogen (secondary N) is 2. The molecular formula is C38H48N6O4. The zero-order chi connectivity index (χ0) is 34.6. The summed E-state index contributed by atoms with van der Waals surface area (Å²) in [7, 11) is 0. The van der Waals surface area contributed by atoms with Gasteiger partial charge in [0.2, 0.25) is 0 Å². The Labute approximate surface area is 283 Å². The van der Waals surface area contributed by atoms with Crippen LogP contribution in [0.5, 0.6) is 0 Å². The van der Waals surface area contributed by atoms with Crippen LogP contribution < -0.4 is 0 Å². The van der Waals surface area contributed by atoms with Gasteiger partial charge in [-0.1, -0.05) is 60.2 Å². The summed E-state index contributed by atoms with van der Waals surface area (Å²) in [4.78, 5) is 45.1. The smallest absolute Gasteiger partial charge is 0.410 e. The summed E-state index contributed by atoms with van der Waals surface area (Å²) in [6, 6.07) is 16.5. The number of hydrogen-bond acceptors (Lipinski definition) is 6. The maximum Gasteiger partial charge on any atom is 0.410 e. The Morgan fingerprint density at radius 1 is 0.854 bits per heavy atom. The second-order valence-electron chi connectivity index (χ2n) is 14.4. The Morgan fingerprint density at radius 3 is 1.96 bits per heavy atom. The first-order valence-electron chi connectivity index (χ1n) is 16.6. The van der Waals surface area contributed by atoms with Crippen LogP contribution in [-0.4, -0.2) is 66.2 Å². The summed E-state index contributed by atoms with van der Waals surface area (Å²) in [5.41, 5.74) is 5.93. The molecule has 0 bridgehead atoms. The first-order valence-corrected chi connectivity index (χ1v) is 16.6. The minimum atomic E-state index is -0.583. The van der Waals surface area contributed by atoms with E-state index in [1.54, 1.807) is 16.0 Å². The lowest BCUT2D eigenvalue weighted by Crippen LogP contribution is -2.37. The molecule has 0 spiro atoms. The van der Waals surface area contributed by atoms with Gasteiger partial charge in [0.1, 0.15) is 22.9 Å². The molecule has 1 aliphatic heterocycles. The molecule has 3 heterocycles. The number of imidazole rings is 2. The highest BCUT2D eigenvalue weighted by Crippen LogP contribution is 2.33. The van der Waals surface area contributed by atoms with Gasteiger partial charge in [-0.05, 0) is 90.5 Å². The van der Waals surface area contributed by atoms with Crippen LogP contribution in [0.1, 0.15) is 85.9 Å². The molecule has 48 heavy (non-hydrogen) atoms. The van der Waals surface area contributed by atoms with Gasteiger partial charge in [0.05, 0.1) is 36.4 Å². The molecule has 10 nitrogen and oxygen atoms in total. The molecule has 2 aromatic carbocycles. The second-order valence-corrected chi connectivity index (χ2v) is 14.4. The standard InChI is InChI=1S/C38H48N6O4/c1-9-25(2)23-43(35(45)47-37(3,4)5)24-33-39-21-30(41-33)28-16-12-26(13-17-28)27-14-18-29(19-15-27)31-22-40-34(42-31)32-11-10-20-44(32)36(46)48-38(6,7)8/h9,12-19,21-22,32H,10-11,20,23-24H2,1-8H3,(H,39,41)(H,40,42)/b25-9+. The van der Waals surface area contributed by atoms with Gasteiger partial charge >= 0.3 is 12.2 Å². The molecule has 2 amide bonds. The number of H-pyrrole nitrogens is 2. The highest BCUT2D eigenvalue weighted by molar-refractivity contribution is 5.72. The molecule has 0 radical (unpaired) electrons. The van der Waals surface area contributed by atoms with Gasteiger partial charge in [0, 0.05) is 13.1 Å². The molecule has 1 saturated heterocycles. The van der Waals surface area contributed by atoms with Crippen molar-refractivity contribution in [2.75, 3.05) is 13.1 Å². The van der Waals surface area contributed by atoms with Crippen LogP contribution in [0.15, 0.2) is 72.6 Å². The zero-order valence-corrected chi connectivity index (χ0v) is 29.4. The normalized spacial score (nSPS) is 15.5. The number of nitrogens with zero attached hydrogens (tertiary/aromatic N) is 4. The Hall–Kier alpha value is -4.86. The predicted octanol–water partition coefficient (Wildman–Crippen LogP) is 8.91. The summed E-state index contributed by atoms with van der Waals surface area (Å²) < 4.78 is 11.3. The average Bonchev–Trinajstić information content (AvgIpc) is 3.80. The number of hydrogen-bond donors (Lipinski definition) is 2. The van der Waals surface area contributed by atoms with Crippen LogP contribution in [0, 0.1) is 0 Å². The lowest BCUT2D eigenvalue weighted by molar-refractivity contribution is 0.0215. The van der Waals surface area contributed by atoms with Crippen molar-refractivity contribution in [1.82, 2.24) is 29.7 Å². The van der Waals surface area contributed by atoms with Crippen molar-refractivity contribution in [2.24, 2.45) is 0 Å². The van der Waals surface area contributed by atoms with E-state index in [0.717, 1.165) is 57.9 Å². The first kappa shape index (κ1) is 34.5.